The third-order valence-corrected chi connectivity index (χ3v) is 7.60. The minimum atomic E-state index is -1.79. The van der Waals surface area contributed by atoms with E-state index in [4.69, 9.17) is 0 Å². The van der Waals surface area contributed by atoms with E-state index in [0.717, 1.165) is 22.3 Å². The molecule has 0 heterocycles. The highest BCUT2D eigenvalue weighted by atomic mass is 16.6. The molecule has 0 unspecified atom stereocenters. The van der Waals surface area contributed by atoms with E-state index < -0.39 is 52.3 Å². The zero-order valence-electron chi connectivity index (χ0n) is 23.1. The molecule has 1 fully saturated rings. The van der Waals surface area contributed by atoms with Crippen molar-refractivity contribution < 1.29 is 24.4 Å². The van der Waals surface area contributed by atoms with Crippen LogP contribution in [-0.4, -0.2) is 33.2 Å². The molecule has 208 valence electrons. The van der Waals surface area contributed by atoms with Crippen molar-refractivity contribution in [1.29, 1.82) is 0 Å². The average Bonchev–Trinajstić information content (AvgIpc) is 2.86. The van der Waals surface area contributed by atoms with Gasteiger partial charge in [0.2, 0.25) is 11.8 Å². The van der Waals surface area contributed by atoms with E-state index in [-0.39, 0.29) is 5.69 Å². The highest BCUT2D eigenvalue weighted by Crippen LogP contribution is 2.47. The summed E-state index contributed by atoms with van der Waals surface area (Å²) in [6.45, 7) is 8.95. The topological polar surface area (TPSA) is 139 Å². The number of ketones is 1. The van der Waals surface area contributed by atoms with Gasteiger partial charge < -0.3 is 15.7 Å². The van der Waals surface area contributed by atoms with Gasteiger partial charge >= 0.3 is 0 Å². The van der Waals surface area contributed by atoms with Crippen molar-refractivity contribution in [1.82, 2.24) is 0 Å². The third-order valence-electron chi connectivity index (χ3n) is 7.60. The van der Waals surface area contributed by atoms with E-state index in [0.29, 0.717) is 16.9 Å². The Hall–Kier alpha value is -4.37. The summed E-state index contributed by atoms with van der Waals surface area (Å²) in [7, 11) is 0. The lowest BCUT2D eigenvalue weighted by Gasteiger charge is -2.44. The van der Waals surface area contributed by atoms with E-state index in [9.17, 15) is 29.6 Å². The smallest absolute Gasteiger partial charge is 0.269 e. The summed E-state index contributed by atoms with van der Waals surface area (Å²) in [6, 6.07) is 16.4. The fourth-order valence-electron chi connectivity index (χ4n) is 5.64. The number of carbonyl (C=O) groups is 3. The second-order valence-corrected chi connectivity index (χ2v) is 10.9. The molecule has 40 heavy (non-hydrogen) atoms. The maximum atomic E-state index is 13.9. The SMILES string of the molecule is Cc1ccc(NC(=O)[C@@H]2C(=O)C[C@@](C)(O)[C@@H](C(=O)Nc3ccc(C)cc3C)[C@@H]2c2ccc([N+](=O)[O-])cc2)c(C)c1. The first-order valence-corrected chi connectivity index (χ1v) is 13.0. The summed E-state index contributed by atoms with van der Waals surface area (Å²) < 4.78 is 0. The van der Waals surface area contributed by atoms with Crippen LogP contribution in [0.2, 0.25) is 0 Å². The minimum Gasteiger partial charge on any atom is -0.389 e. The Labute approximate surface area is 232 Å². The number of nitrogens with one attached hydrogen (secondary N) is 2. The van der Waals surface area contributed by atoms with Crippen LogP contribution < -0.4 is 10.6 Å². The van der Waals surface area contributed by atoms with Gasteiger partial charge in [-0.3, -0.25) is 24.5 Å². The highest BCUT2D eigenvalue weighted by Gasteiger charge is 2.56. The summed E-state index contributed by atoms with van der Waals surface area (Å²) in [4.78, 5) is 51.9. The molecule has 0 aliphatic heterocycles. The predicted molar refractivity (Wildman–Crippen MR) is 152 cm³/mol. The molecule has 0 spiro atoms. The molecule has 3 aromatic carbocycles. The summed E-state index contributed by atoms with van der Waals surface area (Å²) >= 11 is 0. The number of aryl methyl sites for hydroxylation is 4. The van der Waals surface area contributed by atoms with E-state index in [1.807, 2.05) is 52.0 Å². The van der Waals surface area contributed by atoms with Crippen molar-refractivity contribution in [3.8, 4) is 0 Å². The van der Waals surface area contributed by atoms with Crippen LogP contribution in [0.5, 0.6) is 0 Å². The number of amides is 2. The van der Waals surface area contributed by atoms with Crippen LogP contribution in [0.3, 0.4) is 0 Å². The van der Waals surface area contributed by atoms with Crippen molar-refractivity contribution in [2.24, 2.45) is 11.8 Å². The maximum absolute atomic E-state index is 13.9. The number of nitrogens with zero attached hydrogens (tertiary/aromatic N) is 1. The van der Waals surface area contributed by atoms with Gasteiger partial charge in [0.1, 0.15) is 11.7 Å². The molecule has 4 rings (SSSR count). The van der Waals surface area contributed by atoms with Crippen LogP contribution in [0, 0.1) is 49.6 Å². The Morgan fingerprint density at radius 2 is 1.38 bits per heavy atom. The third kappa shape index (κ3) is 5.79. The lowest BCUT2D eigenvalue weighted by molar-refractivity contribution is -0.384. The molecular weight excluding hydrogens is 510 g/mol. The molecule has 3 N–H and O–H groups in total. The molecule has 0 radical (unpaired) electrons. The molecule has 2 amide bonds. The highest BCUT2D eigenvalue weighted by molar-refractivity contribution is 6.10. The number of anilines is 2. The summed E-state index contributed by atoms with van der Waals surface area (Å²) in [5.41, 5.74) is 3.11. The van der Waals surface area contributed by atoms with Crippen LogP contribution in [-0.2, 0) is 14.4 Å². The number of hydrogen-bond acceptors (Lipinski definition) is 6. The second kappa shape index (κ2) is 11.0. The molecule has 1 saturated carbocycles. The van der Waals surface area contributed by atoms with Crippen molar-refractivity contribution in [3.63, 3.8) is 0 Å². The molecule has 4 atom stereocenters. The number of nitro groups is 1. The largest absolute Gasteiger partial charge is 0.389 e. The average molecular weight is 544 g/mol. The maximum Gasteiger partial charge on any atom is 0.269 e. The molecular formula is C31H33N3O6. The van der Waals surface area contributed by atoms with Gasteiger partial charge in [-0.25, -0.2) is 0 Å². The quantitative estimate of drug-likeness (QED) is 0.223. The first kappa shape index (κ1) is 28.6. The Morgan fingerprint density at radius 3 is 1.85 bits per heavy atom. The van der Waals surface area contributed by atoms with Crippen LogP contribution in [0.25, 0.3) is 0 Å². The number of benzene rings is 3. The molecule has 1 aliphatic carbocycles. The fourth-order valence-corrected chi connectivity index (χ4v) is 5.64. The van der Waals surface area contributed by atoms with Gasteiger partial charge in [0.15, 0.2) is 0 Å². The van der Waals surface area contributed by atoms with E-state index in [2.05, 4.69) is 10.6 Å². The summed E-state index contributed by atoms with van der Waals surface area (Å²) in [6.07, 6.45) is -0.410. The number of Topliss-reactive ketones (excluding diaryl/α,β-unsaturated/α-hetero) is 1. The van der Waals surface area contributed by atoms with Crippen LogP contribution >= 0.6 is 0 Å². The van der Waals surface area contributed by atoms with Crippen LogP contribution in [0.4, 0.5) is 17.1 Å². The molecule has 0 aromatic heterocycles. The van der Waals surface area contributed by atoms with E-state index in [1.165, 1.54) is 31.2 Å². The first-order chi connectivity index (χ1) is 18.8. The van der Waals surface area contributed by atoms with Crippen molar-refractivity contribution >= 4 is 34.7 Å². The number of non-ortho nitro benzene ring substituents is 1. The first-order valence-electron chi connectivity index (χ1n) is 13.0. The Morgan fingerprint density at radius 1 is 0.875 bits per heavy atom. The summed E-state index contributed by atoms with van der Waals surface area (Å²) in [5, 5.41) is 28.5. The fraction of sp³-hybridized carbons (Fsp3) is 0.323. The molecule has 9 nitrogen and oxygen atoms in total. The van der Waals surface area contributed by atoms with Crippen LogP contribution in [0.15, 0.2) is 60.7 Å². The van der Waals surface area contributed by atoms with Gasteiger partial charge in [0.05, 0.1) is 16.4 Å². The Bertz CT molecular complexity index is 1500. The predicted octanol–water partition coefficient (Wildman–Crippen LogP) is 5.15. The molecule has 9 heteroatoms. The number of nitro benzene ring substituents is 1. The number of hydrogen-bond donors (Lipinski definition) is 3. The van der Waals surface area contributed by atoms with Crippen molar-refractivity contribution in [2.75, 3.05) is 10.6 Å². The van der Waals surface area contributed by atoms with E-state index in [1.54, 1.807) is 12.1 Å². The monoisotopic (exact) mass is 543 g/mol. The number of aliphatic hydroxyl groups is 1. The Balaban J connectivity index is 1.80. The normalized spacial score (nSPS) is 22.4. The molecule has 0 saturated heterocycles. The summed E-state index contributed by atoms with van der Waals surface area (Å²) in [5.74, 6) is -5.32. The number of rotatable bonds is 6. The zero-order chi connectivity index (χ0) is 29.4. The molecule has 1 aliphatic rings. The zero-order valence-corrected chi connectivity index (χ0v) is 23.1. The van der Waals surface area contributed by atoms with Gasteiger partial charge in [-0.15, -0.1) is 0 Å². The van der Waals surface area contributed by atoms with Gasteiger partial charge in [0.25, 0.3) is 5.69 Å². The van der Waals surface area contributed by atoms with Gasteiger partial charge in [0, 0.05) is 35.8 Å². The standard InChI is InChI=1S/C31H33N3O6/c1-17-6-12-23(19(3)14-17)32-29(36)27-25(35)16-31(5,38)28(26(27)21-8-10-22(11-9-21)34(39)40)30(37)33-24-13-7-18(2)15-20(24)4/h6-15,26-28,38H,16H2,1-5H3,(H,32,36)(H,33,37)/t26-,27-,28-,31-/m1/s1. The molecule has 0 bridgehead atoms. The van der Waals surface area contributed by atoms with Crippen molar-refractivity contribution in [3.05, 3.63) is 98.6 Å². The minimum absolute atomic E-state index is 0.176. The number of carbonyl (C=O) groups excluding carboxylic acids is 3. The van der Waals surface area contributed by atoms with E-state index >= 15 is 0 Å². The van der Waals surface area contributed by atoms with Gasteiger partial charge in [-0.2, -0.15) is 0 Å². The van der Waals surface area contributed by atoms with Crippen molar-refractivity contribution in [2.45, 2.75) is 52.6 Å². The van der Waals surface area contributed by atoms with Gasteiger partial charge in [-0.05, 0) is 63.4 Å². The molecule has 3 aromatic rings. The Kier molecular flexibility index (Phi) is 7.88. The lowest BCUT2D eigenvalue weighted by Crippen LogP contribution is -2.56. The second-order valence-electron chi connectivity index (χ2n) is 10.9. The van der Waals surface area contributed by atoms with Crippen LogP contribution in [0.1, 0.15) is 47.1 Å². The van der Waals surface area contributed by atoms with Gasteiger partial charge in [-0.1, -0.05) is 47.5 Å². The lowest BCUT2D eigenvalue weighted by atomic mass is 9.61.